The maximum absolute atomic E-state index is 12.0. The Morgan fingerprint density at radius 2 is 1.29 bits per heavy atom. The minimum atomic E-state index is -0.489. The first-order valence-electron chi connectivity index (χ1n) is 13.5. The second-order valence-electron chi connectivity index (χ2n) is 10.1. The van der Waals surface area contributed by atoms with E-state index in [1.54, 1.807) is 24.3 Å². The number of ketones is 1. The van der Waals surface area contributed by atoms with Crippen molar-refractivity contribution in [1.82, 2.24) is 0 Å². The molecule has 42 heavy (non-hydrogen) atoms. The fraction of sp³-hybridized carbons (Fsp3) is 0.0278. The molecule has 6 heteroatoms. The van der Waals surface area contributed by atoms with E-state index in [4.69, 9.17) is 11.5 Å². The predicted octanol–water partition coefficient (Wildman–Crippen LogP) is 8.12. The van der Waals surface area contributed by atoms with Crippen LogP contribution in [0.3, 0.4) is 0 Å². The molecule has 0 saturated carbocycles. The number of nitrogens with two attached hydrogens (primary N) is 2. The molecule has 0 heterocycles. The number of hydrogen-bond donors (Lipinski definition) is 2. The van der Waals surface area contributed by atoms with Gasteiger partial charge in [-0.3, -0.25) is 14.9 Å². The molecular formula is C36H27N3O3. The Bertz CT molecular complexity index is 2040. The number of anilines is 1. The summed E-state index contributed by atoms with van der Waals surface area (Å²) in [5.41, 5.74) is 17.5. The Labute approximate surface area is 242 Å². The molecule has 6 nitrogen and oxygen atoms in total. The van der Waals surface area contributed by atoms with Crippen molar-refractivity contribution in [3.8, 4) is 11.1 Å². The van der Waals surface area contributed by atoms with Gasteiger partial charge in [0.25, 0.3) is 5.69 Å². The van der Waals surface area contributed by atoms with Gasteiger partial charge in [0, 0.05) is 46.4 Å². The monoisotopic (exact) mass is 549 g/mol. The molecule has 0 saturated heterocycles. The zero-order chi connectivity index (χ0) is 29.2. The molecule has 0 aliphatic heterocycles. The predicted molar refractivity (Wildman–Crippen MR) is 171 cm³/mol. The molecule has 7 aromatic carbocycles. The lowest BCUT2D eigenvalue weighted by Gasteiger charge is -2.16. The lowest BCUT2D eigenvalue weighted by atomic mass is 9.90. The van der Waals surface area contributed by atoms with Crippen LogP contribution in [0.25, 0.3) is 43.4 Å². The molecule has 0 atom stereocenters. The molecule has 0 unspecified atom stereocenters. The van der Waals surface area contributed by atoms with Gasteiger partial charge < -0.3 is 11.5 Å². The zero-order valence-corrected chi connectivity index (χ0v) is 22.7. The van der Waals surface area contributed by atoms with Gasteiger partial charge in [-0.1, -0.05) is 97.1 Å². The van der Waals surface area contributed by atoms with Crippen LogP contribution in [-0.4, -0.2) is 10.7 Å². The molecule has 0 aliphatic rings. The SMILES string of the molecule is NCc1ccc(-c2cc3ccc4cccc5ccc(c2N)c3c45)cc1.O=C(c1ccccc1)c1ccc([N+](=O)[O-])cc1. The summed E-state index contributed by atoms with van der Waals surface area (Å²) in [6.45, 7) is 0.552. The van der Waals surface area contributed by atoms with Crippen LogP contribution in [-0.2, 0) is 6.54 Å². The maximum atomic E-state index is 12.0. The summed E-state index contributed by atoms with van der Waals surface area (Å²) in [6.07, 6.45) is 0. The lowest BCUT2D eigenvalue weighted by Crippen LogP contribution is -2.00. The highest BCUT2D eigenvalue weighted by Crippen LogP contribution is 2.41. The summed E-state index contributed by atoms with van der Waals surface area (Å²) in [5.74, 6) is -0.138. The average Bonchev–Trinajstić information content (AvgIpc) is 3.05. The summed E-state index contributed by atoms with van der Waals surface area (Å²) in [6, 6.07) is 40.1. The Balaban J connectivity index is 0.000000163. The first-order chi connectivity index (χ1) is 20.4. The van der Waals surface area contributed by atoms with Crippen LogP contribution in [0, 0.1) is 10.1 Å². The van der Waals surface area contributed by atoms with Crippen LogP contribution in [0.4, 0.5) is 11.4 Å². The van der Waals surface area contributed by atoms with Crippen molar-refractivity contribution in [1.29, 1.82) is 0 Å². The van der Waals surface area contributed by atoms with Gasteiger partial charge in [-0.2, -0.15) is 0 Å². The Morgan fingerprint density at radius 3 is 1.93 bits per heavy atom. The molecule has 0 amide bonds. The molecule has 7 aromatic rings. The second kappa shape index (κ2) is 11.1. The molecule has 0 aliphatic carbocycles. The molecule has 0 spiro atoms. The number of carbonyl (C=O) groups excluding carboxylic acids is 1. The highest BCUT2D eigenvalue weighted by Gasteiger charge is 2.14. The number of rotatable bonds is 5. The molecule has 204 valence electrons. The van der Waals surface area contributed by atoms with Crippen LogP contribution in [0.1, 0.15) is 21.5 Å². The van der Waals surface area contributed by atoms with E-state index in [1.807, 2.05) is 6.07 Å². The van der Waals surface area contributed by atoms with E-state index in [2.05, 4.69) is 72.8 Å². The number of nitrogens with zero attached hydrogens (tertiary/aromatic N) is 1. The number of benzene rings is 7. The number of hydrogen-bond acceptors (Lipinski definition) is 5. The molecule has 4 N–H and O–H groups in total. The quantitative estimate of drug-likeness (QED) is 0.0740. The molecule has 0 fully saturated rings. The Hall–Kier alpha value is -5.59. The number of nitrogen functional groups attached to an aromatic ring is 1. The first kappa shape index (κ1) is 26.6. The van der Waals surface area contributed by atoms with Crippen molar-refractivity contribution in [3.05, 3.63) is 154 Å². The van der Waals surface area contributed by atoms with Gasteiger partial charge in [0.15, 0.2) is 5.78 Å². The lowest BCUT2D eigenvalue weighted by molar-refractivity contribution is -0.384. The fourth-order valence-electron chi connectivity index (χ4n) is 5.38. The molecule has 0 radical (unpaired) electrons. The second-order valence-corrected chi connectivity index (χ2v) is 10.1. The van der Waals surface area contributed by atoms with Crippen molar-refractivity contribution in [2.24, 2.45) is 5.73 Å². The van der Waals surface area contributed by atoms with E-state index in [0.29, 0.717) is 17.7 Å². The van der Waals surface area contributed by atoms with Crippen molar-refractivity contribution in [2.45, 2.75) is 6.54 Å². The molecule has 0 bridgehead atoms. The normalized spacial score (nSPS) is 11.0. The smallest absolute Gasteiger partial charge is 0.269 e. The molecular weight excluding hydrogens is 522 g/mol. The van der Waals surface area contributed by atoms with Crippen LogP contribution in [0.5, 0.6) is 0 Å². The summed E-state index contributed by atoms with van der Waals surface area (Å²) in [7, 11) is 0. The van der Waals surface area contributed by atoms with Gasteiger partial charge in [0.1, 0.15) is 0 Å². The van der Waals surface area contributed by atoms with E-state index < -0.39 is 4.92 Å². The number of nitro benzene ring substituents is 1. The van der Waals surface area contributed by atoms with Crippen LogP contribution in [0.15, 0.2) is 127 Å². The van der Waals surface area contributed by atoms with Gasteiger partial charge in [-0.25, -0.2) is 0 Å². The van der Waals surface area contributed by atoms with Gasteiger partial charge in [0.05, 0.1) is 4.92 Å². The van der Waals surface area contributed by atoms with Crippen molar-refractivity contribution < 1.29 is 9.72 Å². The van der Waals surface area contributed by atoms with Crippen molar-refractivity contribution in [2.75, 3.05) is 5.73 Å². The summed E-state index contributed by atoms with van der Waals surface area (Å²) in [5, 5.41) is 17.9. The van der Waals surface area contributed by atoms with E-state index in [0.717, 1.165) is 27.8 Å². The standard InChI is InChI=1S/C23H18N2.C13H9NO3/c24-13-14-4-6-15(7-5-14)20-12-18-9-8-16-2-1-3-17-10-11-19(23(20)25)22(18)21(16)17;15-13(10-4-2-1-3-5-10)11-6-8-12(9-7-11)14(16)17/h1-12H,13,24-25H2;1-9H. The van der Waals surface area contributed by atoms with E-state index in [1.165, 1.54) is 51.2 Å². The van der Waals surface area contributed by atoms with E-state index in [9.17, 15) is 14.9 Å². The van der Waals surface area contributed by atoms with Crippen LogP contribution >= 0.6 is 0 Å². The third-order valence-corrected chi connectivity index (χ3v) is 7.57. The highest BCUT2D eigenvalue weighted by atomic mass is 16.6. The van der Waals surface area contributed by atoms with Crippen molar-refractivity contribution in [3.63, 3.8) is 0 Å². The minimum Gasteiger partial charge on any atom is -0.398 e. The Kier molecular flexibility index (Phi) is 7.05. The fourth-order valence-corrected chi connectivity index (χ4v) is 5.38. The van der Waals surface area contributed by atoms with Gasteiger partial charge in [0.2, 0.25) is 0 Å². The third kappa shape index (κ3) is 4.91. The van der Waals surface area contributed by atoms with Crippen LogP contribution in [0.2, 0.25) is 0 Å². The number of carbonyl (C=O) groups is 1. The van der Waals surface area contributed by atoms with Gasteiger partial charge in [-0.15, -0.1) is 0 Å². The summed E-state index contributed by atoms with van der Waals surface area (Å²) < 4.78 is 0. The third-order valence-electron chi connectivity index (χ3n) is 7.57. The summed E-state index contributed by atoms with van der Waals surface area (Å²) in [4.78, 5) is 21.9. The number of nitro groups is 1. The molecule has 0 aromatic heterocycles. The summed E-state index contributed by atoms with van der Waals surface area (Å²) >= 11 is 0. The largest absolute Gasteiger partial charge is 0.398 e. The Morgan fingerprint density at radius 1 is 0.667 bits per heavy atom. The zero-order valence-electron chi connectivity index (χ0n) is 22.7. The van der Waals surface area contributed by atoms with Gasteiger partial charge >= 0.3 is 0 Å². The highest BCUT2D eigenvalue weighted by molar-refractivity contribution is 6.26. The topological polar surface area (TPSA) is 112 Å². The number of non-ortho nitro benzene ring substituents is 1. The van der Waals surface area contributed by atoms with Crippen LogP contribution < -0.4 is 11.5 Å². The molecule has 7 rings (SSSR count). The van der Waals surface area contributed by atoms with E-state index in [-0.39, 0.29) is 11.5 Å². The van der Waals surface area contributed by atoms with E-state index >= 15 is 0 Å². The minimum absolute atomic E-state index is 0.0189. The maximum Gasteiger partial charge on any atom is 0.269 e. The first-order valence-corrected chi connectivity index (χ1v) is 13.5. The van der Waals surface area contributed by atoms with Crippen molar-refractivity contribution >= 4 is 49.5 Å². The van der Waals surface area contributed by atoms with Gasteiger partial charge in [-0.05, 0) is 56.3 Å². The average molecular weight is 550 g/mol.